The van der Waals surface area contributed by atoms with Gasteiger partial charge in [-0.15, -0.1) is 22.7 Å². The summed E-state index contributed by atoms with van der Waals surface area (Å²) in [5, 5.41) is 0. The van der Waals surface area contributed by atoms with E-state index in [0.29, 0.717) is 56.3 Å². The fourth-order valence-corrected chi connectivity index (χ4v) is 9.68. The number of nitrogens with zero attached hydrogens (tertiary/aromatic N) is 2. The summed E-state index contributed by atoms with van der Waals surface area (Å²) in [6.07, 6.45) is 1.83. The third kappa shape index (κ3) is 7.69. The molecule has 0 spiro atoms. The first-order valence-electron chi connectivity index (χ1n) is 17.8. The lowest BCUT2D eigenvalue weighted by Crippen LogP contribution is -2.01. The summed E-state index contributed by atoms with van der Waals surface area (Å²) >= 11 is 4.31. The highest BCUT2D eigenvalue weighted by Crippen LogP contribution is 2.56. The highest BCUT2D eigenvalue weighted by atomic mass is 32.1. The fraction of sp³-hybridized carbons (Fsp3) is 0.130. The Morgan fingerprint density at radius 1 is 0.632 bits per heavy atom. The van der Waals surface area contributed by atoms with Crippen LogP contribution in [0.15, 0.2) is 121 Å². The molecule has 7 aromatic rings. The van der Waals surface area contributed by atoms with Crippen molar-refractivity contribution in [1.82, 2.24) is 8.75 Å². The van der Waals surface area contributed by atoms with Crippen molar-refractivity contribution < 1.29 is 28.5 Å². The predicted molar refractivity (Wildman–Crippen MR) is 232 cm³/mol. The van der Waals surface area contributed by atoms with Crippen LogP contribution in [0.4, 0.5) is 0 Å². The Bertz CT molecular complexity index is 2700. The van der Waals surface area contributed by atoms with Crippen LogP contribution in [0.3, 0.4) is 0 Å². The van der Waals surface area contributed by atoms with Gasteiger partial charge < -0.3 is 18.9 Å². The molecular weight excluding hydrogens is 773 g/mol. The third-order valence-corrected chi connectivity index (χ3v) is 12.2. The molecule has 0 bridgehead atoms. The van der Waals surface area contributed by atoms with Crippen LogP contribution in [0.5, 0.6) is 23.0 Å². The summed E-state index contributed by atoms with van der Waals surface area (Å²) in [7, 11) is 2.69. The van der Waals surface area contributed by atoms with E-state index in [1.165, 1.54) is 30.9 Å². The van der Waals surface area contributed by atoms with Crippen molar-refractivity contribution in [2.24, 2.45) is 0 Å². The van der Waals surface area contributed by atoms with Crippen LogP contribution in [-0.2, 0) is 9.47 Å². The summed E-state index contributed by atoms with van der Waals surface area (Å²) in [5.41, 5.74) is 9.86. The summed E-state index contributed by atoms with van der Waals surface area (Å²) in [6, 6.07) is 28.1. The molecule has 0 amide bonds. The maximum Gasteiger partial charge on any atom is 0.337 e. The Labute approximate surface area is 343 Å². The van der Waals surface area contributed by atoms with Crippen molar-refractivity contribution in [2.45, 2.75) is 27.7 Å². The molecular formula is C46H38N2O6S3. The van der Waals surface area contributed by atoms with E-state index in [9.17, 15) is 9.59 Å². The fourth-order valence-electron chi connectivity index (χ4n) is 6.66. The van der Waals surface area contributed by atoms with Gasteiger partial charge in [-0.25, -0.2) is 9.59 Å². The monoisotopic (exact) mass is 810 g/mol. The van der Waals surface area contributed by atoms with Crippen LogP contribution in [0.1, 0.15) is 50.6 Å². The van der Waals surface area contributed by atoms with Gasteiger partial charge in [0.25, 0.3) is 0 Å². The number of esters is 2. The molecule has 0 radical (unpaired) electrons. The van der Waals surface area contributed by atoms with Gasteiger partial charge in [-0.05, 0) is 134 Å². The van der Waals surface area contributed by atoms with Gasteiger partial charge in [-0.2, -0.15) is 8.75 Å². The van der Waals surface area contributed by atoms with E-state index in [-0.39, 0.29) is 0 Å². The zero-order valence-electron chi connectivity index (χ0n) is 32.2. The van der Waals surface area contributed by atoms with Crippen LogP contribution in [0, 0.1) is 13.8 Å². The number of fused-ring (bicyclic) bond motifs is 1. The highest BCUT2D eigenvalue weighted by Gasteiger charge is 2.30. The normalized spacial score (nSPS) is 11.5. The van der Waals surface area contributed by atoms with E-state index in [1.54, 1.807) is 71.2 Å². The summed E-state index contributed by atoms with van der Waals surface area (Å²) in [4.78, 5) is 28.6. The third-order valence-electron chi connectivity index (χ3n) is 9.42. The van der Waals surface area contributed by atoms with E-state index in [1.807, 2.05) is 26.0 Å². The number of benzene rings is 4. The Morgan fingerprint density at radius 3 is 1.54 bits per heavy atom. The average molecular weight is 811 g/mol. The number of hydrogen-bond donors (Lipinski definition) is 0. The molecule has 286 valence electrons. The number of aromatic nitrogens is 2. The van der Waals surface area contributed by atoms with E-state index in [4.69, 9.17) is 27.7 Å². The molecule has 0 aliphatic carbocycles. The number of methoxy groups -OCH3 is 2. The summed E-state index contributed by atoms with van der Waals surface area (Å²) in [6.45, 7) is 16.5. The maximum absolute atomic E-state index is 12.4. The van der Waals surface area contributed by atoms with Gasteiger partial charge in [-0.3, -0.25) is 0 Å². The zero-order chi connectivity index (χ0) is 40.4. The molecule has 0 aliphatic heterocycles. The SMILES string of the molecule is C=C/C(C)=C(\C(=C)C)c1ccc(-c2c(Oc3ccc(C(=O)OC)cc3)c(Oc3ccc(C(=O)OC)cc3)c(-c3ccc(-c4c(C)cccc4C)s3)c3nsnc23)s1. The Kier molecular flexibility index (Phi) is 11.3. The van der Waals surface area contributed by atoms with E-state index >= 15 is 0 Å². The van der Waals surface area contributed by atoms with Crippen LogP contribution >= 0.6 is 34.4 Å². The second kappa shape index (κ2) is 16.5. The molecule has 0 fully saturated rings. The van der Waals surface area contributed by atoms with Gasteiger partial charge in [0.2, 0.25) is 0 Å². The first-order chi connectivity index (χ1) is 27.5. The van der Waals surface area contributed by atoms with Gasteiger partial charge in [0.1, 0.15) is 22.5 Å². The van der Waals surface area contributed by atoms with E-state index < -0.39 is 11.9 Å². The van der Waals surface area contributed by atoms with Crippen LogP contribution < -0.4 is 9.47 Å². The lowest BCUT2D eigenvalue weighted by atomic mass is 10.0. The smallest absolute Gasteiger partial charge is 0.337 e. The standard InChI is InChI=1S/C46H38N2O6S3/c1-9-26(4)37(25(2)3)33-21-23-35(55-33)39-41-42(48-57-47-41)40(36-24-22-34(56-36)38-27(5)11-10-12-28(38)6)44(54-32-19-15-30(16-20-32)46(50)52-8)43(39)53-31-17-13-29(14-18-31)45(49)51-7/h9-24H,1-2H2,3-8H3/b37-26+. The lowest BCUT2D eigenvalue weighted by Gasteiger charge is -2.20. The quantitative estimate of drug-likeness (QED) is 0.0889. The van der Waals surface area contributed by atoms with Gasteiger partial charge >= 0.3 is 11.9 Å². The van der Waals surface area contributed by atoms with Crippen molar-refractivity contribution in [1.29, 1.82) is 0 Å². The maximum atomic E-state index is 12.4. The topological polar surface area (TPSA) is 96.8 Å². The number of carbonyl (C=O) groups excluding carboxylic acids is 2. The van der Waals surface area contributed by atoms with Crippen molar-refractivity contribution in [3.63, 3.8) is 0 Å². The molecule has 7 rings (SSSR count). The molecule has 0 saturated heterocycles. The summed E-state index contributed by atoms with van der Waals surface area (Å²) in [5.74, 6) is 0.780. The number of thiophene rings is 2. The molecule has 57 heavy (non-hydrogen) atoms. The second-order valence-electron chi connectivity index (χ2n) is 13.2. The molecule has 3 aromatic heterocycles. The van der Waals surface area contributed by atoms with Gasteiger partial charge in [0.15, 0.2) is 11.5 Å². The first-order valence-corrected chi connectivity index (χ1v) is 20.2. The molecule has 0 aliphatic rings. The number of hydrogen-bond acceptors (Lipinski definition) is 11. The van der Waals surface area contributed by atoms with Crippen LogP contribution in [0.25, 0.3) is 47.9 Å². The van der Waals surface area contributed by atoms with Crippen LogP contribution in [0.2, 0.25) is 0 Å². The molecule has 0 saturated carbocycles. The molecule has 4 aromatic carbocycles. The molecule has 0 N–H and O–H groups in total. The molecule has 0 atom stereocenters. The summed E-state index contributed by atoms with van der Waals surface area (Å²) < 4.78 is 33.5. The van der Waals surface area contributed by atoms with Gasteiger partial charge in [0, 0.05) is 19.5 Å². The van der Waals surface area contributed by atoms with Crippen molar-refractivity contribution in [2.75, 3.05) is 14.2 Å². The minimum Gasteiger partial charge on any atom is -0.465 e. The highest BCUT2D eigenvalue weighted by molar-refractivity contribution is 7.19. The Balaban J connectivity index is 1.53. The molecule has 0 unspecified atom stereocenters. The largest absolute Gasteiger partial charge is 0.465 e. The van der Waals surface area contributed by atoms with E-state index in [2.05, 4.69) is 63.4 Å². The second-order valence-corrected chi connectivity index (χ2v) is 15.9. The Hall–Kier alpha value is -6.14. The van der Waals surface area contributed by atoms with Gasteiger partial charge in [-0.1, -0.05) is 37.4 Å². The van der Waals surface area contributed by atoms with Crippen molar-refractivity contribution in [3.8, 4) is 54.3 Å². The first kappa shape index (κ1) is 39.1. The van der Waals surface area contributed by atoms with Crippen molar-refractivity contribution in [3.05, 3.63) is 149 Å². The van der Waals surface area contributed by atoms with E-state index in [0.717, 1.165) is 48.0 Å². The molecule has 3 heterocycles. The minimum absolute atomic E-state index is 0.379. The van der Waals surface area contributed by atoms with Crippen LogP contribution in [-0.4, -0.2) is 34.9 Å². The lowest BCUT2D eigenvalue weighted by molar-refractivity contribution is 0.0592. The molecule has 11 heteroatoms. The number of carbonyl (C=O) groups is 2. The zero-order valence-corrected chi connectivity index (χ0v) is 34.7. The van der Waals surface area contributed by atoms with Gasteiger partial charge in [0.05, 0.1) is 48.2 Å². The number of allylic oxidation sites excluding steroid dienone is 4. The molecule has 8 nitrogen and oxygen atoms in total. The number of ether oxygens (including phenoxy) is 4. The number of aryl methyl sites for hydroxylation is 2. The minimum atomic E-state index is -0.460. The Morgan fingerprint density at radius 2 is 1.09 bits per heavy atom. The predicted octanol–water partition coefficient (Wildman–Crippen LogP) is 13.1. The van der Waals surface area contributed by atoms with Crippen molar-refractivity contribution >= 4 is 62.9 Å². The number of rotatable bonds is 12. The average Bonchev–Trinajstić information content (AvgIpc) is 4.00.